The molecule has 4 aliphatic carbocycles. The molecule has 5 fully saturated rings. The topological polar surface area (TPSA) is 35.5 Å². The molecule has 0 bridgehead atoms. The first-order valence-corrected chi connectivity index (χ1v) is 10.4. The van der Waals surface area contributed by atoms with Gasteiger partial charge in [-0.25, -0.2) is 4.39 Å². The summed E-state index contributed by atoms with van der Waals surface area (Å²) in [6.07, 6.45) is 4.85. The van der Waals surface area contributed by atoms with Crippen LogP contribution in [0.25, 0.3) is 0 Å². The Kier molecular flexibility index (Phi) is 3.61. The quantitative estimate of drug-likeness (QED) is 0.597. The summed E-state index contributed by atoms with van der Waals surface area (Å²) in [7, 11) is 0. The standard InChI is InChI=1S/C22H31FO3/c1-13-10-15-16(20(2)6-4-14(24)11-17(13)20)5-7-21(3)18(15)12-19(23)22(21)25-8-9-26-22/h15-19H,1,4-12H2,2-3H3/t15?,16?,17?,18?,19-,20-,21+/m1/s1. The number of hydrogen-bond donors (Lipinski definition) is 0. The SMILES string of the molecule is C=C1CC2C(CC[C@@]3(C)C2C[C@@H](F)C32OCCO2)[C@@]2(C)CCC(=O)CC12. The second kappa shape index (κ2) is 5.41. The molecule has 4 heteroatoms. The summed E-state index contributed by atoms with van der Waals surface area (Å²) in [5.41, 5.74) is 1.13. The number of carbonyl (C=O) groups is 1. The number of fused-ring (bicyclic) bond motifs is 6. The van der Waals surface area contributed by atoms with E-state index in [0.29, 0.717) is 56.0 Å². The first-order chi connectivity index (χ1) is 12.3. The lowest BCUT2D eigenvalue weighted by molar-refractivity contribution is -0.264. The third-order valence-corrected chi connectivity index (χ3v) is 9.22. The Morgan fingerprint density at radius 1 is 1.12 bits per heavy atom. The van der Waals surface area contributed by atoms with Gasteiger partial charge < -0.3 is 9.47 Å². The van der Waals surface area contributed by atoms with Crippen molar-refractivity contribution in [2.24, 2.45) is 34.5 Å². The maximum Gasteiger partial charge on any atom is 0.205 e. The molecule has 1 spiro atoms. The molecule has 7 atom stereocenters. The van der Waals surface area contributed by atoms with Crippen molar-refractivity contribution in [3.8, 4) is 0 Å². The Balaban J connectivity index is 1.52. The predicted octanol–water partition coefficient (Wildman–Crippen LogP) is 4.46. The molecule has 1 heterocycles. The molecular formula is C22H31FO3. The molecule has 5 aliphatic rings. The van der Waals surface area contributed by atoms with Crippen LogP contribution in [-0.2, 0) is 14.3 Å². The van der Waals surface area contributed by atoms with Gasteiger partial charge in [-0.1, -0.05) is 26.0 Å². The molecule has 4 saturated carbocycles. The second-order valence-electron chi connectivity index (χ2n) is 10.1. The molecule has 0 aromatic carbocycles. The number of carbonyl (C=O) groups excluding carboxylic acids is 1. The van der Waals surface area contributed by atoms with Crippen LogP contribution in [-0.4, -0.2) is 31.0 Å². The third kappa shape index (κ3) is 1.93. The van der Waals surface area contributed by atoms with E-state index >= 15 is 4.39 Å². The van der Waals surface area contributed by atoms with Crippen molar-refractivity contribution in [2.45, 2.75) is 70.8 Å². The minimum Gasteiger partial charge on any atom is -0.344 e. The maximum absolute atomic E-state index is 15.2. The third-order valence-electron chi connectivity index (χ3n) is 9.22. The summed E-state index contributed by atoms with van der Waals surface area (Å²) in [6.45, 7) is 10.0. The average molecular weight is 362 g/mol. The molecule has 0 radical (unpaired) electrons. The molecule has 3 nitrogen and oxygen atoms in total. The first kappa shape index (κ1) is 17.4. The minimum absolute atomic E-state index is 0.147. The van der Waals surface area contributed by atoms with Crippen LogP contribution in [0.4, 0.5) is 4.39 Å². The Morgan fingerprint density at radius 2 is 1.85 bits per heavy atom. The van der Waals surface area contributed by atoms with Gasteiger partial charge in [0.2, 0.25) is 5.79 Å². The van der Waals surface area contributed by atoms with Crippen LogP contribution in [0.15, 0.2) is 12.2 Å². The second-order valence-corrected chi connectivity index (χ2v) is 10.1. The van der Waals surface area contributed by atoms with Crippen molar-refractivity contribution >= 4 is 5.78 Å². The fourth-order valence-electron chi connectivity index (χ4n) is 7.90. The van der Waals surface area contributed by atoms with Crippen molar-refractivity contribution in [3.05, 3.63) is 12.2 Å². The highest BCUT2D eigenvalue weighted by Crippen LogP contribution is 2.70. The van der Waals surface area contributed by atoms with E-state index in [1.165, 1.54) is 5.57 Å². The molecule has 1 saturated heterocycles. The lowest BCUT2D eigenvalue weighted by Crippen LogP contribution is -2.58. The van der Waals surface area contributed by atoms with E-state index in [1.54, 1.807) is 0 Å². The summed E-state index contributed by atoms with van der Waals surface area (Å²) < 4.78 is 27.2. The zero-order valence-corrected chi connectivity index (χ0v) is 16.1. The zero-order valence-electron chi connectivity index (χ0n) is 16.1. The average Bonchev–Trinajstić information content (AvgIpc) is 3.18. The molecule has 0 N–H and O–H groups in total. The number of ketones is 1. The Morgan fingerprint density at radius 3 is 2.58 bits per heavy atom. The highest BCUT2D eigenvalue weighted by atomic mass is 19.1. The fraction of sp³-hybridized carbons (Fsp3) is 0.864. The number of alkyl halides is 1. The van der Waals surface area contributed by atoms with Gasteiger partial charge >= 0.3 is 0 Å². The molecule has 26 heavy (non-hydrogen) atoms. The van der Waals surface area contributed by atoms with Gasteiger partial charge in [0.1, 0.15) is 5.78 Å². The summed E-state index contributed by atoms with van der Waals surface area (Å²) in [6, 6.07) is 0. The van der Waals surface area contributed by atoms with Gasteiger partial charge in [-0.2, -0.15) is 0 Å². The Hall–Kier alpha value is -0.740. The number of allylic oxidation sites excluding steroid dienone is 1. The van der Waals surface area contributed by atoms with Gasteiger partial charge in [0.25, 0.3) is 0 Å². The van der Waals surface area contributed by atoms with Gasteiger partial charge in [0, 0.05) is 18.3 Å². The number of hydrogen-bond acceptors (Lipinski definition) is 3. The molecule has 144 valence electrons. The molecule has 4 unspecified atom stereocenters. The van der Waals surface area contributed by atoms with Gasteiger partial charge in [0.05, 0.1) is 13.2 Å². The molecular weight excluding hydrogens is 331 g/mol. The smallest absolute Gasteiger partial charge is 0.205 e. The van der Waals surface area contributed by atoms with E-state index in [0.717, 1.165) is 25.7 Å². The van der Waals surface area contributed by atoms with Crippen molar-refractivity contribution in [1.82, 2.24) is 0 Å². The highest BCUT2D eigenvalue weighted by Gasteiger charge is 2.71. The van der Waals surface area contributed by atoms with Gasteiger partial charge in [0.15, 0.2) is 6.17 Å². The van der Waals surface area contributed by atoms with Crippen molar-refractivity contribution in [3.63, 3.8) is 0 Å². The fourth-order valence-corrected chi connectivity index (χ4v) is 7.90. The van der Waals surface area contributed by atoms with Crippen LogP contribution in [0, 0.1) is 34.5 Å². The van der Waals surface area contributed by atoms with E-state index in [1.807, 2.05) is 0 Å². The van der Waals surface area contributed by atoms with E-state index in [-0.39, 0.29) is 16.7 Å². The van der Waals surface area contributed by atoms with Crippen LogP contribution in [0.2, 0.25) is 0 Å². The monoisotopic (exact) mass is 362 g/mol. The van der Waals surface area contributed by atoms with Crippen LogP contribution in [0.3, 0.4) is 0 Å². The molecule has 5 rings (SSSR count). The zero-order chi connectivity index (χ0) is 18.3. The minimum atomic E-state index is -1.04. The van der Waals surface area contributed by atoms with Gasteiger partial charge in [-0.05, 0) is 61.2 Å². The Bertz CT molecular complexity index is 654. The van der Waals surface area contributed by atoms with Crippen LogP contribution in [0.1, 0.15) is 58.8 Å². The normalized spacial score (nSPS) is 52.7. The first-order valence-electron chi connectivity index (χ1n) is 10.4. The van der Waals surface area contributed by atoms with Crippen molar-refractivity contribution in [2.75, 3.05) is 13.2 Å². The van der Waals surface area contributed by atoms with Crippen molar-refractivity contribution in [1.29, 1.82) is 0 Å². The highest BCUT2D eigenvalue weighted by molar-refractivity contribution is 5.80. The molecule has 0 aromatic heterocycles. The van der Waals surface area contributed by atoms with E-state index in [9.17, 15) is 4.79 Å². The van der Waals surface area contributed by atoms with E-state index < -0.39 is 12.0 Å². The number of rotatable bonds is 0. The van der Waals surface area contributed by atoms with E-state index in [4.69, 9.17) is 9.47 Å². The molecule has 0 aromatic rings. The summed E-state index contributed by atoms with van der Waals surface area (Å²) >= 11 is 0. The summed E-state index contributed by atoms with van der Waals surface area (Å²) in [4.78, 5) is 12.1. The van der Waals surface area contributed by atoms with Crippen molar-refractivity contribution < 1.29 is 18.7 Å². The maximum atomic E-state index is 15.2. The van der Waals surface area contributed by atoms with E-state index in [2.05, 4.69) is 20.4 Å². The lowest BCUT2D eigenvalue weighted by Gasteiger charge is -2.61. The van der Waals surface area contributed by atoms with Gasteiger partial charge in [-0.15, -0.1) is 0 Å². The van der Waals surface area contributed by atoms with Crippen LogP contribution >= 0.6 is 0 Å². The Labute approximate surface area is 155 Å². The van der Waals surface area contributed by atoms with Gasteiger partial charge in [-0.3, -0.25) is 4.79 Å². The number of Topliss-reactive ketones (excluding diaryl/α,β-unsaturated/α-hetero) is 1. The summed E-state index contributed by atoms with van der Waals surface area (Å²) in [5, 5.41) is 0. The predicted molar refractivity (Wildman–Crippen MR) is 96.2 cm³/mol. The lowest BCUT2D eigenvalue weighted by atomic mass is 9.44. The summed E-state index contributed by atoms with van der Waals surface area (Å²) in [5.74, 6) is 0.981. The number of halogens is 1. The van der Waals surface area contributed by atoms with Crippen LogP contribution < -0.4 is 0 Å². The molecule has 0 amide bonds. The molecule has 1 aliphatic heterocycles. The largest absolute Gasteiger partial charge is 0.344 e. The number of ether oxygens (including phenoxy) is 2. The van der Waals surface area contributed by atoms with Crippen LogP contribution in [0.5, 0.6) is 0 Å².